The number of hydrogen-bond donors (Lipinski definition) is 2. The Hall–Kier alpha value is -1.45. The van der Waals surface area contributed by atoms with Crippen molar-refractivity contribution in [2.45, 2.75) is 24.6 Å². The lowest BCUT2D eigenvalue weighted by atomic mass is 10.3. The number of carboxylic acids is 1. The Morgan fingerprint density at radius 1 is 1.38 bits per heavy atom. The molecule has 6 nitrogen and oxygen atoms in total. The molecule has 0 aromatic carbocycles. The van der Waals surface area contributed by atoms with Crippen LogP contribution in [0.5, 0.6) is 0 Å². The number of carbonyl (C=O) groups is 2. The first-order chi connectivity index (χ1) is 9.94. The van der Waals surface area contributed by atoms with Crippen molar-refractivity contribution in [1.82, 2.24) is 9.97 Å². The third-order valence-electron chi connectivity index (χ3n) is 2.38. The summed E-state index contributed by atoms with van der Waals surface area (Å²) < 4.78 is 0.703. The van der Waals surface area contributed by atoms with Gasteiger partial charge >= 0.3 is 5.97 Å². The molecule has 2 rings (SSSR count). The number of nitrogens with zero attached hydrogens (tertiary/aromatic N) is 2. The van der Waals surface area contributed by atoms with Crippen molar-refractivity contribution in [3.05, 3.63) is 21.6 Å². The molecule has 0 unspecified atom stereocenters. The van der Waals surface area contributed by atoms with Crippen LogP contribution in [0.4, 0.5) is 5.13 Å². The van der Waals surface area contributed by atoms with Crippen LogP contribution in [0.1, 0.15) is 16.3 Å². The van der Waals surface area contributed by atoms with Crippen molar-refractivity contribution in [3.8, 4) is 0 Å². The summed E-state index contributed by atoms with van der Waals surface area (Å²) in [6, 6.07) is 0. The Labute approximate surface area is 133 Å². The molecule has 2 N–H and O–H groups in total. The first-order valence-corrected chi connectivity index (χ1v) is 8.65. The number of thiazole rings is 2. The number of thioether (sulfide) groups is 1. The number of anilines is 1. The Morgan fingerprint density at radius 2 is 2.14 bits per heavy atom. The number of aliphatic carboxylic acids is 1. The van der Waals surface area contributed by atoms with Gasteiger partial charge in [-0.05, 0) is 13.8 Å². The van der Waals surface area contributed by atoms with Crippen LogP contribution < -0.4 is 5.32 Å². The maximum absolute atomic E-state index is 11.8. The average molecular weight is 343 g/mol. The van der Waals surface area contributed by atoms with Crippen molar-refractivity contribution in [3.63, 3.8) is 0 Å². The summed E-state index contributed by atoms with van der Waals surface area (Å²) in [5.41, 5.74) is 1.58. The van der Waals surface area contributed by atoms with E-state index >= 15 is 0 Å². The van der Waals surface area contributed by atoms with E-state index in [-0.39, 0.29) is 18.1 Å². The van der Waals surface area contributed by atoms with Gasteiger partial charge in [-0.3, -0.25) is 9.59 Å². The molecule has 9 heteroatoms. The molecule has 0 aliphatic heterocycles. The quantitative estimate of drug-likeness (QED) is 0.783. The van der Waals surface area contributed by atoms with Gasteiger partial charge in [0.25, 0.3) is 0 Å². The van der Waals surface area contributed by atoms with E-state index in [9.17, 15) is 9.59 Å². The SMILES string of the molecule is Cc1csc(NC(=O)CSc2nc(C)c(CC(=O)O)s2)n1. The van der Waals surface area contributed by atoms with E-state index in [4.69, 9.17) is 5.11 Å². The number of carbonyl (C=O) groups excluding carboxylic acids is 1. The summed E-state index contributed by atoms with van der Waals surface area (Å²) >= 11 is 4.00. The Morgan fingerprint density at radius 3 is 2.76 bits per heavy atom. The summed E-state index contributed by atoms with van der Waals surface area (Å²) in [4.78, 5) is 31.6. The van der Waals surface area contributed by atoms with Gasteiger partial charge in [-0.15, -0.1) is 22.7 Å². The number of carboxylic acid groups (broad SMARTS) is 1. The second kappa shape index (κ2) is 7.01. The van der Waals surface area contributed by atoms with Crippen LogP contribution in [0.25, 0.3) is 0 Å². The molecular formula is C12H13N3O3S3. The zero-order valence-electron chi connectivity index (χ0n) is 11.4. The van der Waals surface area contributed by atoms with E-state index in [2.05, 4.69) is 15.3 Å². The molecule has 112 valence electrons. The number of amides is 1. The second-order valence-electron chi connectivity index (χ2n) is 4.19. The normalized spacial score (nSPS) is 10.6. The molecule has 0 aliphatic rings. The average Bonchev–Trinajstić information content (AvgIpc) is 2.94. The molecule has 0 saturated heterocycles. The number of nitrogens with one attached hydrogen (secondary N) is 1. The standard InChI is InChI=1S/C12H13N3O3S3/c1-6-4-19-11(13-6)15-9(16)5-20-12-14-7(2)8(21-12)3-10(17)18/h4H,3,5H2,1-2H3,(H,17,18)(H,13,15,16). The van der Waals surface area contributed by atoms with E-state index in [1.807, 2.05) is 12.3 Å². The van der Waals surface area contributed by atoms with E-state index in [1.165, 1.54) is 34.4 Å². The molecule has 2 heterocycles. The summed E-state index contributed by atoms with van der Waals surface area (Å²) in [7, 11) is 0. The minimum absolute atomic E-state index is 0.0331. The minimum atomic E-state index is -0.879. The zero-order chi connectivity index (χ0) is 15.4. The van der Waals surface area contributed by atoms with Gasteiger partial charge in [-0.2, -0.15) is 0 Å². The molecule has 2 aromatic rings. The lowest BCUT2D eigenvalue weighted by molar-refractivity contribution is -0.136. The molecular weight excluding hydrogens is 330 g/mol. The van der Waals surface area contributed by atoms with Crippen LogP contribution >= 0.6 is 34.4 Å². The maximum Gasteiger partial charge on any atom is 0.308 e. The minimum Gasteiger partial charge on any atom is -0.481 e. The fourth-order valence-corrected chi connectivity index (χ4v) is 4.19. The molecule has 1 amide bonds. The molecule has 21 heavy (non-hydrogen) atoms. The van der Waals surface area contributed by atoms with Crippen LogP contribution in [0.15, 0.2) is 9.72 Å². The first-order valence-electron chi connectivity index (χ1n) is 5.97. The Kier molecular flexibility index (Phi) is 5.32. The van der Waals surface area contributed by atoms with Crippen LogP contribution in [-0.4, -0.2) is 32.7 Å². The molecule has 0 fully saturated rings. The van der Waals surface area contributed by atoms with Gasteiger partial charge in [0, 0.05) is 10.3 Å². The lowest BCUT2D eigenvalue weighted by Crippen LogP contribution is -2.13. The predicted molar refractivity (Wildman–Crippen MR) is 84.4 cm³/mol. The van der Waals surface area contributed by atoms with Crippen LogP contribution in [0, 0.1) is 13.8 Å². The molecule has 0 radical (unpaired) electrons. The third kappa shape index (κ3) is 4.80. The van der Waals surface area contributed by atoms with Crippen molar-refractivity contribution in [2.75, 3.05) is 11.1 Å². The second-order valence-corrected chi connectivity index (χ2v) is 7.35. The van der Waals surface area contributed by atoms with Crippen LogP contribution in [-0.2, 0) is 16.0 Å². The third-order valence-corrected chi connectivity index (χ3v) is 5.55. The first kappa shape index (κ1) is 15.9. The van der Waals surface area contributed by atoms with Crippen molar-refractivity contribution in [2.24, 2.45) is 0 Å². The highest BCUT2D eigenvalue weighted by Crippen LogP contribution is 2.27. The predicted octanol–water partition coefficient (Wildman–Crippen LogP) is 2.57. The summed E-state index contributed by atoms with van der Waals surface area (Å²) in [6.45, 7) is 3.64. The highest BCUT2D eigenvalue weighted by atomic mass is 32.2. The molecule has 0 bridgehead atoms. The largest absolute Gasteiger partial charge is 0.481 e. The van der Waals surface area contributed by atoms with Crippen LogP contribution in [0.3, 0.4) is 0 Å². The molecule has 0 aliphatic carbocycles. The van der Waals surface area contributed by atoms with Crippen molar-refractivity contribution in [1.29, 1.82) is 0 Å². The van der Waals surface area contributed by atoms with E-state index in [0.29, 0.717) is 15.2 Å². The van der Waals surface area contributed by atoms with Gasteiger partial charge in [0.15, 0.2) is 9.47 Å². The van der Waals surface area contributed by atoms with Gasteiger partial charge in [0.2, 0.25) is 5.91 Å². The highest BCUT2D eigenvalue weighted by Gasteiger charge is 2.13. The Bertz CT molecular complexity index is 666. The van der Waals surface area contributed by atoms with E-state index in [1.54, 1.807) is 6.92 Å². The summed E-state index contributed by atoms with van der Waals surface area (Å²) in [5, 5.41) is 14.0. The zero-order valence-corrected chi connectivity index (χ0v) is 13.8. The summed E-state index contributed by atoms with van der Waals surface area (Å²) in [6.07, 6.45) is -0.0331. The van der Waals surface area contributed by atoms with E-state index < -0.39 is 5.97 Å². The highest BCUT2D eigenvalue weighted by molar-refractivity contribution is 8.01. The number of hydrogen-bond acceptors (Lipinski definition) is 7. The molecule has 0 atom stereocenters. The van der Waals surface area contributed by atoms with Gasteiger partial charge in [-0.1, -0.05) is 11.8 Å². The van der Waals surface area contributed by atoms with Crippen LogP contribution in [0.2, 0.25) is 0 Å². The number of rotatable bonds is 6. The molecule has 2 aromatic heterocycles. The van der Waals surface area contributed by atoms with Gasteiger partial charge in [-0.25, -0.2) is 9.97 Å². The topological polar surface area (TPSA) is 92.2 Å². The number of aryl methyl sites for hydroxylation is 2. The van der Waals surface area contributed by atoms with Gasteiger partial charge in [0.1, 0.15) is 0 Å². The maximum atomic E-state index is 11.8. The van der Waals surface area contributed by atoms with Crippen molar-refractivity contribution >= 4 is 51.4 Å². The molecule has 0 saturated carbocycles. The lowest BCUT2D eigenvalue weighted by Gasteiger charge is -1.99. The molecule has 0 spiro atoms. The fraction of sp³-hybridized carbons (Fsp3) is 0.333. The number of aromatic nitrogens is 2. The summed E-state index contributed by atoms with van der Waals surface area (Å²) in [5.74, 6) is -0.810. The smallest absolute Gasteiger partial charge is 0.308 e. The monoisotopic (exact) mass is 343 g/mol. The van der Waals surface area contributed by atoms with Gasteiger partial charge in [0.05, 0.1) is 23.6 Å². The fourth-order valence-electron chi connectivity index (χ4n) is 1.46. The van der Waals surface area contributed by atoms with E-state index in [0.717, 1.165) is 10.6 Å². The Balaban J connectivity index is 1.87. The van der Waals surface area contributed by atoms with Gasteiger partial charge < -0.3 is 10.4 Å². The van der Waals surface area contributed by atoms with Crippen molar-refractivity contribution < 1.29 is 14.7 Å².